The van der Waals surface area contributed by atoms with Crippen molar-refractivity contribution in [1.82, 2.24) is 19.6 Å². The van der Waals surface area contributed by atoms with Gasteiger partial charge >= 0.3 is 0 Å². The highest BCUT2D eigenvalue weighted by Crippen LogP contribution is 2.47. The minimum absolute atomic E-state index is 0.00542. The molecule has 0 N–H and O–H groups in total. The van der Waals surface area contributed by atoms with E-state index in [1.807, 2.05) is 24.1 Å². The van der Waals surface area contributed by atoms with Crippen molar-refractivity contribution in [2.75, 3.05) is 38.3 Å². The Morgan fingerprint density at radius 3 is 3.00 bits per heavy atom. The minimum atomic E-state index is -0.344. The van der Waals surface area contributed by atoms with Crippen LogP contribution in [0.2, 0.25) is 0 Å². The molecule has 1 amide bonds. The molecular weight excluding hydrogens is 406 g/mol. The highest BCUT2D eigenvalue weighted by Gasteiger charge is 2.51. The van der Waals surface area contributed by atoms with Crippen molar-refractivity contribution < 1.29 is 14.1 Å². The van der Waals surface area contributed by atoms with Crippen LogP contribution in [0.5, 0.6) is 0 Å². The Labute approximate surface area is 187 Å². The first-order valence-electron chi connectivity index (χ1n) is 11.2. The largest absolute Gasteiger partial charge is 0.383 e. The molecule has 1 spiro atoms. The van der Waals surface area contributed by atoms with Crippen molar-refractivity contribution in [3.05, 3.63) is 59.4 Å². The van der Waals surface area contributed by atoms with Crippen LogP contribution in [0.25, 0.3) is 5.82 Å². The van der Waals surface area contributed by atoms with Gasteiger partial charge in [0.15, 0.2) is 5.82 Å². The van der Waals surface area contributed by atoms with E-state index < -0.39 is 0 Å². The maximum atomic E-state index is 13.6. The second-order valence-electron chi connectivity index (χ2n) is 8.58. The third-order valence-electron chi connectivity index (χ3n) is 6.71. The number of methoxy groups -OCH3 is 1. The molecule has 5 heterocycles. The highest BCUT2D eigenvalue weighted by molar-refractivity contribution is 5.96. The number of hydrogen-bond acceptors (Lipinski definition) is 6. The standard InChI is InChI=1S/C24H29N5O3/c1-4-7-19-21(17(2)26-32-19)23(30)27-13-10-24(16-27)20-9-6-12-28(20)22-18(8-5-11-25-22)29(24)14-15-31-3/h5-6,8-9,11-12H,4,7,10,13-16H2,1-3H3. The first-order valence-corrected chi connectivity index (χ1v) is 11.2. The molecule has 0 radical (unpaired) electrons. The molecule has 168 valence electrons. The molecule has 0 bridgehead atoms. The average molecular weight is 436 g/mol. The number of rotatable bonds is 6. The predicted octanol–water partition coefficient (Wildman–Crippen LogP) is 3.33. The quantitative estimate of drug-likeness (QED) is 0.591. The number of pyridine rings is 1. The Bertz CT molecular complexity index is 1140. The van der Waals surface area contributed by atoms with E-state index >= 15 is 0 Å². The molecule has 0 saturated carbocycles. The lowest BCUT2D eigenvalue weighted by Crippen LogP contribution is -2.53. The van der Waals surface area contributed by atoms with Crippen LogP contribution >= 0.6 is 0 Å². The van der Waals surface area contributed by atoms with Crippen LogP contribution in [-0.4, -0.2) is 58.9 Å². The number of aromatic nitrogens is 3. The number of amides is 1. The Balaban J connectivity index is 1.55. The van der Waals surface area contributed by atoms with Gasteiger partial charge in [0.2, 0.25) is 0 Å². The molecule has 8 heteroatoms. The lowest BCUT2D eigenvalue weighted by molar-refractivity contribution is 0.0778. The van der Waals surface area contributed by atoms with E-state index in [4.69, 9.17) is 9.26 Å². The molecule has 1 atom stereocenters. The summed E-state index contributed by atoms with van der Waals surface area (Å²) in [4.78, 5) is 22.6. The Morgan fingerprint density at radius 2 is 2.19 bits per heavy atom. The molecule has 1 fully saturated rings. The van der Waals surface area contributed by atoms with Crippen LogP contribution in [0, 0.1) is 6.92 Å². The van der Waals surface area contributed by atoms with E-state index in [0.29, 0.717) is 43.1 Å². The van der Waals surface area contributed by atoms with Gasteiger partial charge in [0.25, 0.3) is 5.91 Å². The number of aryl methyl sites for hydroxylation is 2. The number of fused-ring (bicyclic) bond motifs is 4. The fourth-order valence-corrected chi connectivity index (χ4v) is 5.26. The highest BCUT2D eigenvalue weighted by atomic mass is 16.5. The van der Waals surface area contributed by atoms with Crippen molar-refractivity contribution in [3.8, 4) is 5.82 Å². The average Bonchev–Trinajstić information content (AvgIpc) is 3.53. The van der Waals surface area contributed by atoms with Crippen molar-refractivity contribution in [3.63, 3.8) is 0 Å². The van der Waals surface area contributed by atoms with Crippen molar-refractivity contribution in [1.29, 1.82) is 0 Å². The second kappa shape index (κ2) is 8.09. The Morgan fingerprint density at radius 1 is 1.31 bits per heavy atom. The number of hydrogen-bond donors (Lipinski definition) is 0. The predicted molar refractivity (Wildman–Crippen MR) is 120 cm³/mol. The van der Waals surface area contributed by atoms with Crippen LogP contribution < -0.4 is 4.90 Å². The molecule has 2 aliphatic rings. The molecular formula is C24H29N5O3. The lowest BCUT2D eigenvalue weighted by atomic mass is 9.89. The normalized spacial score (nSPS) is 19.5. The Kier molecular flexibility index (Phi) is 5.25. The summed E-state index contributed by atoms with van der Waals surface area (Å²) < 4.78 is 13.1. The van der Waals surface area contributed by atoms with E-state index in [1.54, 1.807) is 7.11 Å². The van der Waals surface area contributed by atoms with Crippen molar-refractivity contribution >= 4 is 11.6 Å². The molecule has 32 heavy (non-hydrogen) atoms. The van der Waals surface area contributed by atoms with Gasteiger partial charge in [-0.05, 0) is 44.0 Å². The molecule has 1 unspecified atom stereocenters. The van der Waals surface area contributed by atoms with Crippen molar-refractivity contribution in [2.24, 2.45) is 0 Å². The van der Waals surface area contributed by atoms with Gasteiger partial charge in [0, 0.05) is 45.6 Å². The zero-order valence-electron chi connectivity index (χ0n) is 18.9. The van der Waals surface area contributed by atoms with E-state index in [-0.39, 0.29) is 11.4 Å². The van der Waals surface area contributed by atoms with E-state index in [9.17, 15) is 4.79 Å². The zero-order valence-corrected chi connectivity index (χ0v) is 18.9. The van der Waals surface area contributed by atoms with E-state index in [0.717, 1.165) is 36.6 Å². The fraction of sp³-hybridized carbons (Fsp3) is 0.458. The van der Waals surface area contributed by atoms with Crippen LogP contribution in [-0.2, 0) is 16.7 Å². The third-order valence-corrected chi connectivity index (χ3v) is 6.71. The summed E-state index contributed by atoms with van der Waals surface area (Å²) in [7, 11) is 1.72. The van der Waals surface area contributed by atoms with E-state index in [1.165, 1.54) is 0 Å². The SMILES string of the molecule is CCCc1onc(C)c1C(=O)N1CCC2(C1)c1cccn1-c1ncccc1N2CCOC. The van der Waals surface area contributed by atoms with Crippen molar-refractivity contribution in [2.45, 2.75) is 38.6 Å². The van der Waals surface area contributed by atoms with Gasteiger partial charge in [-0.3, -0.25) is 4.79 Å². The summed E-state index contributed by atoms with van der Waals surface area (Å²) >= 11 is 0. The molecule has 1 saturated heterocycles. The summed E-state index contributed by atoms with van der Waals surface area (Å²) in [6.07, 6.45) is 6.33. The summed E-state index contributed by atoms with van der Waals surface area (Å²) in [5.74, 6) is 1.61. The van der Waals surface area contributed by atoms with Gasteiger partial charge in [-0.2, -0.15) is 0 Å². The second-order valence-corrected chi connectivity index (χ2v) is 8.58. The fourth-order valence-electron chi connectivity index (χ4n) is 5.26. The number of carbonyl (C=O) groups is 1. The smallest absolute Gasteiger partial charge is 0.259 e. The molecule has 0 aromatic carbocycles. The summed E-state index contributed by atoms with van der Waals surface area (Å²) in [5, 5.41) is 4.08. The maximum Gasteiger partial charge on any atom is 0.259 e. The Hall–Kier alpha value is -3.13. The lowest BCUT2D eigenvalue weighted by Gasteiger charge is -2.47. The first kappa shape index (κ1) is 20.8. The van der Waals surface area contributed by atoms with Gasteiger partial charge in [-0.1, -0.05) is 12.1 Å². The molecule has 3 aromatic heterocycles. The summed E-state index contributed by atoms with van der Waals surface area (Å²) in [5.41, 5.74) is 3.17. The maximum absolute atomic E-state index is 13.6. The summed E-state index contributed by atoms with van der Waals surface area (Å²) in [6.45, 7) is 6.49. The van der Waals surface area contributed by atoms with Crippen LogP contribution in [0.1, 0.15) is 47.3 Å². The van der Waals surface area contributed by atoms with E-state index in [2.05, 4.69) is 50.9 Å². The first-order chi connectivity index (χ1) is 15.6. The summed E-state index contributed by atoms with van der Waals surface area (Å²) in [6, 6.07) is 8.29. The number of ether oxygens (including phenoxy) is 1. The topological polar surface area (TPSA) is 76.6 Å². The minimum Gasteiger partial charge on any atom is -0.383 e. The van der Waals surface area contributed by atoms with Crippen LogP contribution in [0.15, 0.2) is 41.2 Å². The van der Waals surface area contributed by atoms with Gasteiger partial charge in [-0.15, -0.1) is 0 Å². The number of nitrogens with zero attached hydrogens (tertiary/aromatic N) is 5. The molecule has 8 nitrogen and oxygen atoms in total. The van der Waals surface area contributed by atoms with Gasteiger partial charge in [0.1, 0.15) is 16.9 Å². The number of anilines is 1. The van der Waals surface area contributed by atoms with Crippen LogP contribution in [0.3, 0.4) is 0 Å². The zero-order chi connectivity index (χ0) is 22.3. The van der Waals surface area contributed by atoms with Gasteiger partial charge in [0.05, 0.1) is 23.7 Å². The van der Waals surface area contributed by atoms with Crippen LogP contribution in [0.4, 0.5) is 5.69 Å². The number of carbonyl (C=O) groups excluding carboxylic acids is 1. The third kappa shape index (κ3) is 3.04. The number of likely N-dealkylation sites (tertiary alicyclic amines) is 1. The van der Waals surface area contributed by atoms with Gasteiger partial charge in [-0.25, -0.2) is 4.98 Å². The monoisotopic (exact) mass is 435 g/mol. The van der Waals surface area contributed by atoms with Gasteiger partial charge < -0.3 is 23.6 Å². The molecule has 0 aliphatic carbocycles. The molecule has 3 aromatic rings. The molecule has 2 aliphatic heterocycles. The molecule has 5 rings (SSSR count).